The molecular weight excluding hydrogens is 172 g/mol. The smallest absolute Gasteiger partial charge is 0.127 e. The second-order valence-electron chi connectivity index (χ2n) is 3.43. The Morgan fingerprint density at radius 1 is 0.786 bits per heavy atom. The Kier molecular flexibility index (Phi) is 1.42. The predicted octanol–water partition coefficient (Wildman–Crippen LogP) is 2.58. The molecule has 1 nitrogen and oxygen atoms in total. The third kappa shape index (κ3) is 0.791. The maximum Gasteiger partial charge on any atom is 0.127 e. The fourth-order valence-corrected chi connectivity index (χ4v) is 2.08. The highest BCUT2D eigenvalue weighted by molar-refractivity contribution is 5.37. The first-order valence-corrected chi connectivity index (χ1v) is 4.68. The van der Waals surface area contributed by atoms with E-state index in [0.717, 1.165) is 5.75 Å². The molecule has 14 heavy (non-hydrogen) atoms. The van der Waals surface area contributed by atoms with E-state index >= 15 is 0 Å². The van der Waals surface area contributed by atoms with Gasteiger partial charge in [-0.15, -0.1) is 0 Å². The molecule has 0 atom stereocenters. The zero-order valence-electron chi connectivity index (χ0n) is 7.95. The van der Waals surface area contributed by atoms with Crippen molar-refractivity contribution < 1.29 is 4.74 Å². The summed E-state index contributed by atoms with van der Waals surface area (Å²) in [5, 5.41) is 5.20. The van der Waals surface area contributed by atoms with Crippen molar-refractivity contribution in [1.29, 1.82) is 0 Å². The van der Waals surface area contributed by atoms with E-state index in [-0.39, 0.29) is 0 Å². The first-order chi connectivity index (χ1) is 6.92. The van der Waals surface area contributed by atoms with Crippen molar-refractivity contribution in [1.82, 2.24) is 0 Å². The number of hydrogen-bond acceptors (Lipinski definition) is 1. The van der Waals surface area contributed by atoms with Gasteiger partial charge < -0.3 is 4.74 Å². The summed E-state index contributed by atoms with van der Waals surface area (Å²) in [4.78, 5) is 0. The van der Waals surface area contributed by atoms with Crippen LogP contribution in [0.1, 0.15) is 0 Å². The van der Waals surface area contributed by atoms with Crippen LogP contribution in [-0.2, 0) is 0 Å². The van der Waals surface area contributed by atoms with Gasteiger partial charge in [-0.25, -0.2) is 0 Å². The zero-order chi connectivity index (χ0) is 9.54. The van der Waals surface area contributed by atoms with Gasteiger partial charge in [0.05, 0.1) is 7.11 Å². The Morgan fingerprint density at radius 2 is 1.50 bits per heavy atom. The zero-order valence-corrected chi connectivity index (χ0v) is 7.95. The van der Waals surface area contributed by atoms with Crippen molar-refractivity contribution in [3.05, 3.63) is 63.3 Å². The molecule has 0 spiro atoms. The lowest BCUT2D eigenvalue weighted by atomic mass is 10.0. The number of hydrogen-bond donors (Lipinski definition) is 0. The van der Waals surface area contributed by atoms with Crippen molar-refractivity contribution in [3.63, 3.8) is 0 Å². The van der Waals surface area contributed by atoms with Gasteiger partial charge in [0.1, 0.15) is 5.75 Å². The molecule has 0 saturated carbocycles. The molecule has 0 fully saturated rings. The Balaban J connectivity index is 2.60. The maximum absolute atomic E-state index is 5.33. The van der Waals surface area contributed by atoms with Crippen LogP contribution >= 0.6 is 0 Å². The minimum atomic E-state index is 0.973. The first kappa shape index (κ1) is 7.63. The summed E-state index contributed by atoms with van der Waals surface area (Å²) >= 11 is 0. The Labute approximate surface area is 81.6 Å². The molecule has 0 N–H and O–H groups in total. The summed E-state index contributed by atoms with van der Waals surface area (Å²) < 4.78 is 5.33. The summed E-state index contributed by atoms with van der Waals surface area (Å²) in [6.07, 6.45) is 0. The van der Waals surface area contributed by atoms with Crippen LogP contribution in [0.15, 0.2) is 42.5 Å². The van der Waals surface area contributed by atoms with Crippen LogP contribution in [0.25, 0.3) is 0 Å². The molecule has 1 aliphatic rings. The van der Waals surface area contributed by atoms with E-state index in [1.54, 1.807) is 7.11 Å². The molecule has 2 aromatic rings. The van der Waals surface area contributed by atoms with E-state index in [1.165, 1.54) is 20.9 Å². The quantitative estimate of drug-likeness (QED) is 0.562. The molecule has 2 aromatic carbocycles. The van der Waals surface area contributed by atoms with Crippen molar-refractivity contribution in [2.45, 2.75) is 0 Å². The molecule has 0 heterocycles. The molecule has 0 saturated heterocycles. The highest BCUT2D eigenvalue weighted by atomic mass is 16.5. The molecule has 68 valence electrons. The number of ether oxygens (including phenoxy) is 1. The Hall–Kier alpha value is -1.76. The topological polar surface area (TPSA) is 9.23 Å². The van der Waals surface area contributed by atoms with Crippen LogP contribution in [0.3, 0.4) is 0 Å². The van der Waals surface area contributed by atoms with Crippen LogP contribution < -0.4 is 4.74 Å². The first-order valence-electron chi connectivity index (χ1n) is 4.68. The van der Waals surface area contributed by atoms with Crippen LogP contribution in [0, 0.1) is 20.9 Å². The van der Waals surface area contributed by atoms with Gasteiger partial charge in [-0.05, 0) is 21.7 Å². The summed E-state index contributed by atoms with van der Waals surface area (Å²) in [7, 11) is 1.72. The van der Waals surface area contributed by atoms with Crippen LogP contribution in [0.4, 0.5) is 0 Å². The standard InChI is InChI=1S/C13H10O/c1-14-12-8-4-7-11-9-5-2-3-6-10(9)13(11)12/h2-8H,1H3. The molecule has 1 heteroatoms. The second kappa shape index (κ2) is 2.61. The van der Waals surface area contributed by atoms with E-state index in [2.05, 4.69) is 30.3 Å². The largest absolute Gasteiger partial charge is 0.496 e. The van der Waals surface area contributed by atoms with Gasteiger partial charge in [-0.1, -0.05) is 36.4 Å². The van der Waals surface area contributed by atoms with Gasteiger partial charge in [-0.2, -0.15) is 0 Å². The van der Waals surface area contributed by atoms with Gasteiger partial charge in [-0.3, -0.25) is 0 Å². The molecule has 0 aliphatic heterocycles. The van der Waals surface area contributed by atoms with Crippen LogP contribution in [0.2, 0.25) is 0 Å². The number of methoxy groups -OCH3 is 1. The predicted molar refractivity (Wildman–Crippen MR) is 54.8 cm³/mol. The minimum Gasteiger partial charge on any atom is -0.496 e. The third-order valence-corrected chi connectivity index (χ3v) is 2.73. The molecule has 0 amide bonds. The van der Waals surface area contributed by atoms with Gasteiger partial charge in [0.25, 0.3) is 0 Å². The van der Waals surface area contributed by atoms with Crippen molar-refractivity contribution in [2.75, 3.05) is 7.11 Å². The van der Waals surface area contributed by atoms with E-state index in [0.29, 0.717) is 0 Å². The minimum absolute atomic E-state index is 0.973. The van der Waals surface area contributed by atoms with Crippen molar-refractivity contribution in [2.24, 2.45) is 0 Å². The summed E-state index contributed by atoms with van der Waals surface area (Å²) in [6.45, 7) is 0. The molecular formula is C13H10O. The average Bonchev–Trinajstić information content (AvgIpc) is 2.24. The van der Waals surface area contributed by atoms with E-state index in [1.807, 2.05) is 12.1 Å². The molecule has 3 rings (SSSR count). The lowest BCUT2D eigenvalue weighted by Gasteiger charge is -2.08. The fraction of sp³-hybridized carbons (Fsp3) is 0.0769. The molecule has 0 aromatic heterocycles. The van der Waals surface area contributed by atoms with Crippen LogP contribution in [-0.4, -0.2) is 7.11 Å². The van der Waals surface area contributed by atoms with E-state index in [4.69, 9.17) is 4.74 Å². The van der Waals surface area contributed by atoms with Gasteiger partial charge in [0.15, 0.2) is 0 Å². The highest BCUT2D eigenvalue weighted by Crippen LogP contribution is 2.21. The van der Waals surface area contributed by atoms with E-state index in [9.17, 15) is 0 Å². The number of rotatable bonds is 1. The average molecular weight is 182 g/mol. The summed E-state index contributed by atoms with van der Waals surface area (Å²) in [5.74, 6) is 0.973. The lowest BCUT2D eigenvalue weighted by molar-refractivity contribution is 0.411. The lowest BCUT2D eigenvalue weighted by Crippen LogP contribution is -1.94. The second-order valence-corrected chi connectivity index (χ2v) is 3.43. The van der Waals surface area contributed by atoms with Crippen molar-refractivity contribution in [3.8, 4) is 5.75 Å². The molecule has 0 unspecified atom stereocenters. The van der Waals surface area contributed by atoms with Gasteiger partial charge >= 0.3 is 0 Å². The fourth-order valence-electron chi connectivity index (χ4n) is 2.08. The third-order valence-electron chi connectivity index (χ3n) is 2.73. The number of benzene rings is 2. The van der Waals surface area contributed by atoms with Gasteiger partial charge in [0, 0.05) is 5.22 Å². The summed E-state index contributed by atoms with van der Waals surface area (Å²) in [6, 6.07) is 14.6. The number of fused-ring (bicyclic) bond motifs is 2. The van der Waals surface area contributed by atoms with E-state index < -0.39 is 0 Å². The normalized spacial score (nSPS) is 11.2. The van der Waals surface area contributed by atoms with Crippen molar-refractivity contribution >= 4 is 0 Å². The maximum atomic E-state index is 5.33. The SMILES string of the molecule is COc1cccc2c1=c1ccccc1=2. The molecule has 0 bridgehead atoms. The Morgan fingerprint density at radius 3 is 2.29 bits per heavy atom. The monoisotopic (exact) mass is 182 g/mol. The molecule has 1 aliphatic carbocycles. The van der Waals surface area contributed by atoms with Gasteiger partial charge in [0.2, 0.25) is 0 Å². The Bertz CT molecular complexity index is 671. The highest BCUT2D eigenvalue weighted by Gasteiger charge is 2.05. The molecule has 0 radical (unpaired) electrons. The summed E-state index contributed by atoms with van der Waals surface area (Å²) in [5.41, 5.74) is 0. The van der Waals surface area contributed by atoms with Crippen LogP contribution in [0.5, 0.6) is 5.75 Å².